The number of rotatable bonds is 4. The van der Waals surface area contributed by atoms with E-state index >= 15 is 0 Å². The summed E-state index contributed by atoms with van der Waals surface area (Å²) in [6.07, 6.45) is 1.57. The van der Waals surface area contributed by atoms with Gasteiger partial charge in [0.1, 0.15) is 11.9 Å². The Labute approximate surface area is 137 Å². The lowest BCUT2D eigenvalue weighted by atomic mass is 10.1. The normalized spacial score (nSPS) is 19.4. The molecule has 0 saturated carbocycles. The lowest BCUT2D eigenvalue weighted by Crippen LogP contribution is -2.44. The number of nitrogens with zero attached hydrogens (tertiary/aromatic N) is 1. The maximum Gasteiger partial charge on any atom is 0.243 e. The molecule has 4 nitrogen and oxygen atoms in total. The van der Waals surface area contributed by atoms with Crippen molar-refractivity contribution in [3.8, 4) is 5.75 Å². The van der Waals surface area contributed by atoms with Crippen molar-refractivity contribution in [2.24, 2.45) is 0 Å². The van der Waals surface area contributed by atoms with Crippen LogP contribution in [0, 0.1) is 6.92 Å². The average Bonchev–Trinajstić information content (AvgIpc) is 2.56. The maximum atomic E-state index is 12.8. The van der Waals surface area contributed by atoms with Crippen LogP contribution >= 0.6 is 0 Å². The van der Waals surface area contributed by atoms with Crippen LogP contribution in [0.4, 0.5) is 0 Å². The van der Waals surface area contributed by atoms with Crippen LogP contribution in [0.2, 0.25) is 0 Å². The first-order chi connectivity index (χ1) is 11.1. The minimum Gasteiger partial charge on any atom is -0.489 e. The Morgan fingerprint density at radius 3 is 2.43 bits per heavy atom. The van der Waals surface area contributed by atoms with Gasteiger partial charge >= 0.3 is 0 Å². The topological polar surface area (TPSA) is 46.6 Å². The van der Waals surface area contributed by atoms with Gasteiger partial charge in [0.2, 0.25) is 10.0 Å². The van der Waals surface area contributed by atoms with Crippen LogP contribution in [0.25, 0.3) is 0 Å². The van der Waals surface area contributed by atoms with Crippen LogP contribution in [-0.2, 0) is 10.0 Å². The molecule has 122 valence electrons. The summed E-state index contributed by atoms with van der Waals surface area (Å²) in [7, 11) is -3.45. The van der Waals surface area contributed by atoms with E-state index in [4.69, 9.17) is 4.74 Å². The van der Waals surface area contributed by atoms with Crippen LogP contribution in [-0.4, -0.2) is 31.9 Å². The van der Waals surface area contributed by atoms with Gasteiger partial charge in [-0.3, -0.25) is 0 Å². The Hall–Kier alpha value is -1.85. The van der Waals surface area contributed by atoms with Gasteiger partial charge in [-0.25, -0.2) is 8.42 Å². The number of benzene rings is 2. The Morgan fingerprint density at radius 2 is 1.74 bits per heavy atom. The summed E-state index contributed by atoms with van der Waals surface area (Å²) >= 11 is 0. The second-order valence-electron chi connectivity index (χ2n) is 5.87. The molecule has 1 aliphatic heterocycles. The summed E-state index contributed by atoms with van der Waals surface area (Å²) in [5.41, 5.74) is 1.05. The van der Waals surface area contributed by atoms with E-state index in [0.717, 1.165) is 24.2 Å². The third kappa shape index (κ3) is 3.74. The zero-order valence-electron chi connectivity index (χ0n) is 13.2. The highest BCUT2D eigenvalue weighted by atomic mass is 32.2. The van der Waals surface area contributed by atoms with Gasteiger partial charge in [-0.1, -0.05) is 35.9 Å². The molecule has 5 heteroatoms. The van der Waals surface area contributed by atoms with Crippen molar-refractivity contribution in [2.45, 2.75) is 30.8 Å². The molecule has 1 heterocycles. The van der Waals surface area contributed by atoms with Crippen LogP contribution in [0.5, 0.6) is 5.75 Å². The Morgan fingerprint density at radius 1 is 1.04 bits per heavy atom. The van der Waals surface area contributed by atoms with Gasteiger partial charge < -0.3 is 4.74 Å². The molecule has 1 aliphatic rings. The van der Waals surface area contributed by atoms with E-state index in [-0.39, 0.29) is 6.10 Å². The Bertz CT molecular complexity index is 742. The molecule has 0 aromatic heterocycles. The van der Waals surface area contributed by atoms with Crippen molar-refractivity contribution in [3.05, 3.63) is 60.2 Å². The fourth-order valence-corrected chi connectivity index (χ4v) is 4.28. The van der Waals surface area contributed by atoms with Gasteiger partial charge in [0.15, 0.2) is 0 Å². The molecule has 1 unspecified atom stereocenters. The standard InChI is InChI=1S/C18H21NO3S/c1-15-9-11-18(12-10-15)23(20,21)19-13-5-8-17(14-19)22-16-6-3-2-4-7-16/h2-4,6-7,9-12,17H,5,8,13-14H2,1H3. The Kier molecular flexibility index (Phi) is 4.68. The molecule has 0 aliphatic carbocycles. The average molecular weight is 331 g/mol. The molecule has 23 heavy (non-hydrogen) atoms. The van der Waals surface area contributed by atoms with Crippen LogP contribution in [0.15, 0.2) is 59.5 Å². The monoisotopic (exact) mass is 331 g/mol. The van der Waals surface area contributed by atoms with E-state index in [9.17, 15) is 8.42 Å². The number of sulfonamides is 1. The van der Waals surface area contributed by atoms with E-state index in [0.29, 0.717) is 18.0 Å². The van der Waals surface area contributed by atoms with Gasteiger partial charge in [0, 0.05) is 6.54 Å². The lowest BCUT2D eigenvalue weighted by Gasteiger charge is -2.32. The van der Waals surface area contributed by atoms with Gasteiger partial charge in [0.25, 0.3) is 0 Å². The number of piperidine rings is 1. The zero-order valence-corrected chi connectivity index (χ0v) is 14.0. The second-order valence-corrected chi connectivity index (χ2v) is 7.81. The fourth-order valence-electron chi connectivity index (χ4n) is 2.77. The molecule has 1 atom stereocenters. The first-order valence-electron chi connectivity index (χ1n) is 7.84. The van der Waals surface area contributed by atoms with Gasteiger partial charge in [-0.15, -0.1) is 0 Å². The highest BCUT2D eigenvalue weighted by molar-refractivity contribution is 7.89. The highest BCUT2D eigenvalue weighted by Gasteiger charge is 2.31. The van der Waals surface area contributed by atoms with E-state index < -0.39 is 10.0 Å². The van der Waals surface area contributed by atoms with Gasteiger partial charge in [-0.05, 0) is 44.0 Å². The summed E-state index contributed by atoms with van der Waals surface area (Å²) in [6.45, 7) is 2.89. The number of hydrogen-bond acceptors (Lipinski definition) is 3. The molecule has 2 aromatic rings. The van der Waals surface area contributed by atoms with Crippen molar-refractivity contribution in [2.75, 3.05) is 13.1 Å². The van der Waals surface area contributed by atoms with Crippen molar-refractivity contribution in [1.82, 2.24) is 4.31 Å². The third-order valence-electron chi connectivity index (χ3n) is 4.05. The van der Waals surface area contributed by atoms with Crippen LogP contribution in [0.3, 0.4) is 0 Å². The molecule has 0 N–H and O–H groups in total. The van der Waals surface area contributed by atoms with Gasteiger partial charge in [0.05, 0.1) is 11.4 Å². The molecule has 2 aromatic carbocycles. The zero-order chi connectivity index (χ0) is 16.3. The molecule has 0 spiro atoms. The summed E-state index contributed by atoms with van der Waals surface area (Å²) in [5.74, 6) is 0.784. The van der Waals surface area contributed by atoms with Crippen molar-refractivity contribution >= 4 is 10.0 Å². The number of hydrogen-bond donors (Lipinski definition) is 0. The van der Waals surface area contributed by atoms with Gasteiger partial charge in [-0.2, -0.15) is 4.31 Å². The Balaban J connectivity index is 1.74. The minimum absolute atomic E-state index is 0.105. The number of para-hydroxylation sites is 1. The largest absolute Gasteiger partial charge is 0.489 e. The summed E-state index contributed by atoms with van der Waals surface area (Å²) in [5, 5.41) is 0. The molecular formula is C18H21NO3S. The predicted molar refractivity (Wildman–Crippen MR) is 90.0 cm³/mol. The van der Waals surface area contributed by atoms with Crippen molar-refractivity contribution in [1.29, 1.82) is 0 Å². The minimum atomic E-state index is -3.45. The van der Waals surface area contributed by atoms with E-state index in [1.54, 1.807) is 12.1 Å². The molecule has 0 amide bonds. The molecule has 0 bridgehead atoms. The molecule has 1 saturated heterocycles. The molecule has 1 fully saturated rings. The molecule has 3 rings (SSSR count). The second kappa shape index (κ2) is 6.72. The number of ether oxygens (including phenoxy) is 1. The SMILES string of the molecule is Cc1ccc(S(=O)(=O)N2CCCC(Oc3ccccc3)C2)cc1. The first-order valence-corrected chi connectivity index (χ1v) is 9.28. The first kappa shape index (κ1) is 16.0. The van der Waals surface area contributed by atoms with Crippen molar-refractivity contribution < 1.29 is 13.2 Å². The third-order valence-corrected chi connectivity index (χ3v) is 5.92. The van der Waals surface area contributed by atoms with E-state index in [1.165, 1.54) is 4.31 Å². The summed E-state index contributed by atoms with van der Waals surface area (Å²) in [4.78, 5) is 0.350. The van der Waals surface area contributed by atoms with E-state index in [1.807, 2.05) is 49.4 Å². The lowest BCUT2D eigenvalue weighted by molar-refractivity contribution is 0.130. The summed E-state index contributed by atoms with van der Waals surface area (Å²) in [6, 6.07) is 16.6. The molecular weight excluding hydrogens is 310 g/mol. The van der Waals surface area contributed by atoms with Crippen molar-refractivity contribution in [3.63, 3.8) is 0 Å². The maximum absolute atomic E-state index is 12.8. The molecule has 0 radical (unpaired) electrons. The quantitative estimate of drug-likeness (QED) is 0.864. The smallest absolute Gasteiger partial charge is 0.243 e. The van der Waals surface area contributed by atoms with E-state index in [2.05, 4.69) is 0 Å². The van der Waals surface area contributed by atoms with Crippen LogP contribution < -0.4 is 4.74 Å². The summed E-state index contributed by atoms with van der Waals surface area (Å²) < 4.78 is 33.0. The highest BCUT2D eigenvalue weighted by Crippen LogP contribution is 2.23. The fraction of sp³-hybridized carbons (Fsp3) is 0.333. The predicted octanol–water partition coefficient (Wildman–Crippen LogP) is 3.23. The number of aryl methyl sites for hydroxylation is 1. The van der Waals surface area contributed by atoms with Crippen LogP contribution in [0.1, 0.15) is 18.4 Å².